The zero-order chi connectivity index (χ0) is 23.9. The number of nitrogens with zero attached hydrogens (tertiary/aromatic N) is 4. The van der Waals surface area contributed by atoms with E-state index in [1.165, 1.54) is 12.1 Å². The fraction of sp³-hybridized carbons (Fsp3) is 0.333. The molecule has 1 aliphatic rings. The summed E-state index contributed by atoms with van der Waals surface area (Å²) in [7, 11) is -3.85. The van der Waals surface area contributed by atoms with Crippen LogP contribution in [0.3, 0.4) is 0 Å². The average molecular weight is 483 g/mol. The molecule has 2 aromatic carbocycles. The smallest absolute Gasteiger partial charge is 0.265 e. The summed E-state index contributed by atoms with van der Waals surface area (Å²) in [5.74, 6) is -0.245. The van der Waals surface area contributed by atoms with Crippen molar-refractivity contribution in [3.63, 3.8) is 0 Å². The van der Waals surface area contributed by atoms with E-state index in [4.69, 9.17) is 0 Å². The molecule has 178 valence electrons. The molecule has 1 aliphatic heterocycles. The first-order chi connectivity index (χ1) is 16.4. The van der Waals surface area contributed by atoms with E-state index >= 15 is 0 Å². The first-order valence-electron chi connectivity index (χ1n) is 11.4. The van der Waals surface area contributed by atoms with Crippen LogP contribution < -0.4 is 10.0 Å². The number of aryl methyl sites for hydroxylation is 2. The highest BCUT2D eigenvalue weighted by atomic mass is 32.2. The molecule has 4 aromatic rings. The highest BCUT2D eigenvalue weighted by Crippen LogP contribution is 2.31. The largest absolute Gasteiger partial charge is 0.316 e. The Kier molecular flexibility index (Phi) is 5.86. The van der Waals surface area contributed by atoms with Gasteiger partial charge >= 0.3 is 0 Å². The second-order valence-electron chi connectivity index (χ2n) is 8.70. The van der Waals surface area contributed by atoms with E-state index in [0.29, 0.717) is 17.9 Å². The number of benzene rings is 2. The SMILES string of the molecule is CCCn1cc(S(=O)(=O)Nc2cc3cnn(-c4ccc(F)cc4)c3cc2C)c([C@H]2CCNC2)n1. The van der Waals surface area contributed by atoms with Crippen molar-refractivity contribution in [3.8, 4) is 5.69 Å². The molecule has 2 N–H and O–H groups in total. The van der Waals surface area contributed by atoms with Gasteiger partial charge in [-0.15, -0.1) is 0 Å². The molecule has 3 heterocycles. The molecule has 10 heteroatoms. The lowest BCUT2D eigenvalue weighted by molar-refractivity contribution is 0.582. The fourth-order valence-electron chi connectivity index (χ4n) is 4.42. The summed E-state index contributed by atoms with van der Waals surface area (Å²) < 4.78 is 46.5. The minimum absolute atomic E-state index is 0.0715. The van der Waals surface area contributed by atoms with E-state index in [1.807, 2.05) is 19.9 Å². The Morgan fingerprint density at radius 2 is 2.03 bits per heavy atom. The van der Waals surface area contributed by atoms with Crippen molar-refractivity contribution in [1.82, 2.24) is 24.9 Å². The third-order valence-electron chi connectivity index (χ3n) is 6.17. The molecular formula is C24H27FN6O2S. The minimum Gasteiger partial charge on any atom is -0.316 e. The predicted octanol–water partition coefficient (Wildman–Crippen LogP) is 3.96. The summed E-state index contributed by atoms with van der Waals surface area (Å²) in [6.45, 7) is 6.12. The van der Waals surface area contributed by atoms with Crippen molar-refractivity contribution in [3.05, 3.63) is 65.9 Å². The van der Waals surface area contributed by atoms with Gasteiger partial charge in [-0.05, 0) is 68.3 Å². The van der Waals surface area contributed by atoms with Gasteiger partial charge in [0.2, 0.25) is 0 Å². The number of hydrogen-bond donors (Lipinski definition) is 2. The topological polar surface area (TPSA) is 93.8 Å². The summed E-state index contributed by atoms with van der Waals surface area (Å²) in [5.41, 5.74) is 3.39. The van der Waals surface area contributed by atoms with E-state index in [2.05, 4.69) is 20.2 Å². The second kappa shape index (κ2) is 8.84. The predicted molar refractivity (Wildman–Crippen MR) is 129 cm³/mol. The molecule has 0 bridgehead atoms. The summed E-state index contributed by atoms with van der Waals surface area (Å²) in [4.78, 5) is 0.233. The van der Waals surface area contributed by atoms with Gasteiger partial charge in [-0.25, -0.2) is 17.5 Å². The number of sulfonamides is 1. The first kappa shape index (κ1) is 22.5. The van der Waals surface area contributed by atoms with Crippen LogP contribution in [0, 0.1) is 12.7 Å². The van der Waals surface area contributed by atoms with Gasteiger partial charge in [-0.3, -0.25) is 9.40 Å². The van der Waals surface area contributed by atoms with Gasteiger partial charge in [-0.1, -0.05) is 6.92 Å². The van der Waals surface area contributed by atoms with E-state index in [0.717, 1.165) is 48.1 Å². The maximum absolute atomic E-state index is 13.5. The Morgan fingerprint density at radius 1 is 1.24 bits per heavy atom. The number of hydrogen-bond acceptors (Lipinski definition) is 5. The molecule has 0 saturated carbocycles. The number of anilines is 1. The number of rotatable bonds is 7. The lowest BCUT2D eigenvalue weighted by atomic mass is 10.1. The number of halogens is 1. The van der Waals surface area contributed by atoms with Crippen molar-refractivity contribution in [2.75, 3.05) is 17.8 Å². The monoisotopic (exact) mass is 482 g/mol. The molecular weight excluding hydrogens is 455 g/mol. The molecule has 5 rings (SSSR count). The van der Waals surface area contributed by atoms with Crippen molar-refractivity contribution in [2.24, 2.45) is 0 Å². The number of fused-ring (bicyclic) bond motifs is 1. The Balaban J connectivity index is 1.50. The Labute approximate surface area is 197 Å². The van der Waals surface area contributed by atoms with Crippen LogP contribution in [0.2, 0.25) is 0 Å². The molecule has 0 spiro atoms. The number of nitrogens with one attached hydrogen (secondary N) is 2. The van der Waals surface area contributed by atoms with Crippen LogP contribution in [0.25, 0.3) is 16.6 Å². The Morgan fingerprint density at radius 3 is 2.74 bits per heavy atom. The van der Waals surface area contributed by atoms with E-state index in [9.17, 15) is 12.8 Å². The Hall–Kier alpha value is -3.24. The maximum Gasteiger partial charge on any atom is 0.265 e. The standard InChI is InChI=1S/C24H27FN6O2S/c1-3-10-30-15-23(24(28-30)17-8-9-26-13-17)34(32,33)29-21-12-18-14-27-31(22(18)11-16(21)2)20-6-4-19(25)5-7-20/h4-7,11-12,14-15,17,26,29H,3,8-10,13H2,1-2H3/t17-/m0/s1. The highest BCUT2D eigenvalue weighted by Gasteiger charge is 2.30. The molecule has 2 aromatic heterocycles. The maximum atomic E-state index is 13.5. The average Bonchev–Trinajstić information content (AvgIpc) is 3.54. The van der Waals surface area contributed by atoms with Crippen LogP contribution in [0.1, 0.15) is 36.9 Å². The second-order valence-corrected chi connectivity index (χ2v) is 10.3. The normalized spacial score (nSPS) is 16.4. The van der Waals surface area contributed by atoms with Gasteiger partial charge in [0.25, 0.3) is 10.0 Å². The molecule has 1 saturated heterocycles. The fourth-order valence-corrected chi connectivity index (χ4v) is 5.78. The first-order valence-corrected chi connectivity index (χ1v) is 12.9. The van der Waals surface area contributed by atoms with Gasteiger partial charge in [0, 0.05) is 30.6 Å². The minimum atomic E-state index is -3.85. The van der Waals surface area contributed by atoms with Crippen LogP contribution in [0.15, 0.2) is 53.7 Å². The molecule has 8 nitrogen and oxygen atoms in total. The molecule has 0 aliphatic carbocycles. The van der Waals surface area contributed by atoms with Crippen LogP contribution in [-0.2, 0) is 16.6 Å². The van der Waals surface area contributed by atoms with Gasteiger partial charge < -0.3 is 5.32 Å². The summed E-state index contributed by atoms with van der Waals surface area (Å²) in [5, 5.41) is 13.1. The Bertz CT molecular complexity index is 1440. The third-order valence-corrected chi connectivity index (χ3v) is 7.56. The summed E-state index contributed by atoms with van der Waals surface area (Å²) in [6.07, 6.45) is 5.04. The molecule has 0 unspecified atom stereocenters. The van der Waals surface area contributed by atoms with Gasteiger partial charge in [-0.2, -0.15) is 10.2 Å². The molecule has 1 fully saturated rings. The summed E-state index contributed by atoms with van der Waals surface area (Å²) >= 11 is 0. The van der Waals surface area contributed by atoms with Gasteiger partial charge in [0.15, 0.2) is 0 Å². The highest BCUT2D eigenvalue weighted by molar-refractivity contribution is 7.92. The third kappa shape index (κ3) is 4.19. The lowest BCUT2D eigenvalue weighted by Gasteiger charge is -2.13. The van der Waals surface area contributed by atoms with E-state index in [1.54, 1.807) is 40.0 Å². The molecule has 0 amide bonds. The van der Waals surface area contributed by atoms with Gasteiger partial charge in [0.05, 0.1) is 28.8 Å². The lowest BCUT2D eigenvalue weighted by Crippen LogP contribution is -2.17. The number of aromatic nitrogens is 4. The molecule has 1 atom stereocenters. The molecule has 34 heavy (non-hydrogen) atoms. The zero-order valence-corrected chi connectivity index (χ0v) is 19.9. The molecule has 0 radical (unpaired) electrons. The van der Waals surface area contributed by atoms with Crippen molar-refractivity contribution in [1.29, 1.82) is 0 Å². The summed E-state index contributed by atoms with van der Waals surface area (Å²) in [6, 6.07) is 9.74. The van der Waals surface area contributed by atoms with Crippen LogP contribution in [0.4, 0.5) is 10.1 Å². The van der Waals surface area contributed by atoms with Crippen molar-refractivity contribution >= 4 is 26.6 Å². The van der Waals surface area contributed by atoms with E-state index in [-0.39, 0.29) is 16.6 Å². The van der Waals surface area contributed by atoms with Gasteiger partial charge in [0.1, 0.15) is 10.7 Å². The van der Waals surface area contributed by atoms with Crippen LogP contribution in [-0.4, -0.2) is 41.1 Å². The van der Waals surface area contributed by atoms with Crippen LogP contribution >= 0.6 is 0 Å². The zero-order valence-electron chi connectivity index (χ0n) is 19.1. The van der Waals surface area contributed by atoms with Crippen molar-refractivity contribution < 1.29 is 12.8 Å². The van der Waals surface area contributed by atoms with Crippen LogP contribution in [0.5, 0.6) is 0 Å². The van der Waals surface area contributed by atoms with E-state index < -0.39 is 10.0 Å². The van der Waals surface area contributed by atoms with Crippen molar-refractivity contribution in [2.45, 2.75) is 44.0 Å². The quantitative estimate of drug-likeness (QED) is 0.416.